The molecule has 0 atom stereocenters. The van der Waals surface area contributed by atoms with Crippen LogP contribution in [0.25, 0.3) is 16.8 Å². The molecular weight excluding hydrogens is 410 g/mol. The zero-order chi connectivity index (χ0) is 23.0. The van der Waals surface area contributed by atoms with Crippen molar-refractivity contribution in [1.29, 1.82) is 0 Å². The van der Waals surface area contributed by atoms with Crippen LogP contribution < -0.4 is 5.32 Å². The van der Waals surface area contributed by atoms with Crippen LogP contribution >= 0.6 is 0 Å². The van der Waals surface area contributed by atoms with Gasteiger partial charge in [0.25, 0.3) is 5.91 Å². The summed E-state index contributed by atoms with van der Waals surface area (Å²) in [6.45, 7) is 1.97. The van der Waals surface area contributed by atoms with Gasteiger partial charge in [-0.3, -0.25) is 4.79 Å². The number of aromatic hydroxyl groups is 1. The fourth-order valence-electron chi connectivity index (χ4n) is 3.35. The van der Waals surface area contributed by atoms with Gasteiger partial charge in [0.15, 0.2) is 5.75 Å². The third-order valence-corrected chi connectivity index (χ3v) is 5.02. The number of carbonyl (C=O) groups is 1. The van der Waals surface area contributed by atoms with Crippen LogP contribution in [0.5, 0.6) is 5.75 Å². The summed E-state index contributed by atoms with van der Waals surface area (Å²) in [5, 5.41) is 23.9. The molecule has 5 heteroatoms. The van der Waals surface area contributed by atoms with Gasteiger partial charge in [-0.2, -0.15) is 5.11 Å². The predicted molar refractivity (Wildman–Crippen MR) is 134 cm³/mol. The number of phenols is 1. The Labute approximate surface area is 192 Å². The lowest BCUT2D eigenvalue weighted by molar-refractivity contribution is 0.102. The summed E-state index contributed by atoms with van der Waals surface area (Å²) in [5.41, 5.74) is 2.71. The first-order valence-corrected chi connectivity index (χ1v) is 10.6. The summed E-state index contributed by atoms with van der Waals surface area (Å²) >= 11 is 0. The largest absolute Gasteiger partial charge is 0.505 e. The van der Waals surface area contributed by atoms with E-state index in [2.05, 4.69) is 15.5 Å². The molecule has 0 aliphatic rings. The predicted octanol–water partition coefficient (Wildman–Crippen LogP) is 7.80. The molecule has 0 fully saturated rings. The van der Waals surface area contributed by atoms with Crippen molar-refractivity contribution < 1.29 is 9.90 Å². The average molecular weight is 434 g/mol. The highest BCUT2D eigenvalue weighted by atomic mass is 16.3. The number of hydrogen-bond donors (Lipinski definition) is 2. The second kappa shape index (κ2) is 10.2. The van der Waals surface area contributed by atoms with E-state index in [1.165, 1.54) is 0 Å². The molecule has 0 aliphatic heterocycles. The maximum Gasteiger partial charge on any atom is 0.259 e. The zero-order valence-electron chi connectivity index (χ0n) is 18.1. The zero-order valence-corrected chi connectivity index (χ0v) is 18.1. The number of benzene rings is 4. The van der Waals surface area contributed by atoms with Crippen molar-refractivity contribution >= 4 is 39.8 Å². The maximum absolute atomic E-state index is 12.9. The normalized spacial score (nSPS) is 11.7. The van der Waals surface area contributed by atoms with E-state index in [4.69, 9.17) is 0 Å². The number of fused-ring (bicyclic) bond motifs is 1. The van der Waals surface area contributed by atoms with Crippen molar-refractivity contribution in [2.45, 2.75) is 6.92 Å². The molecule has 0 saturated heterocycles. The number of para-hydroxylation sites is 1. The molecule has 2 N–H and O–H groups in total. The molecule has 162 valence electrons. The number of hydrogen-bond acceptors (Lipinski definition) is 4. The molecule has 33 heavy (non-hydrogen) atoms. The number of nitrogens with one attached hydrogen (secondary N) is 1. The quantitative estimate of drug-likeness (QED) is 0.240. The highest BCUT2D eigenvalue weighted by molar-refractivity contribution is 6.11. The average Bonchev–Trinajstić information content (AvgIpc) is 2.85. The van der Waals surface area contributed by atoms with Gasteiger partial charge in [0.1, 0.15) is 5.69 Å². The molecule has 4 aromatic rings. The van der Waals surface area contributed by atoms with Crippen molar-refractivity contribution in [3.63, 3.8) is 0 Å². The Morgan fingerprint density at radius 2 is 1.61 bits per heavy atom. The lowest BCUT2D eigenvalue weighted by Crippen LogP contribution is -2.12. The monoisotopic (exact) mass is 433 g/mol. The van der Waals surface area contributed by atoms with Gasteiger partial charge >= 0.3 is 0 Å². The summed E-state index contributed by atoms with van der Waals surface area (Å²) in [5.74, 6) is -0.630. The minimum Gasteiger partial charge on any atom is -0.505 e. The molecule has 5 nitrogen and oxygen atoms in total. The first-order chi connectivity index (χ1) is 16.2. The highest BCUT2D eigenvalue weighted by Gasteiger charge is 2.18. The Balaban J connectivity index is 1.68. The standard InChI is InChI=1S/C28H23N3O2/c1-2-3-5-10-20-15-17-23(18-16-20)30-31-26-24-14-9-8-11-21(24)19-25(27(26)32)28(33)29-22-12-6-4-7-13-22/h2-19,32H,1H3,(H,29,33)/b3-2+,10-5+,31-30?. The Morgan fingerprint density at radius 1 is 0.879 bits per heavy atom. The number of rotatable bonds is 6. The molecule has 0 heterocycles. The van der Waals surface area contributed by atoms with Crippen LogP contribution in [0.15, 0.2) is 113 Å². The minimum absolute atomic E-state index is 0.135. The third kappa shape index (κ3) is 5.22. The summed E-state index contributed by atoms with van der Waals surface area (Å²) in [6, 6.07) is 25.8. The molecular formula is C28H23N3O2. The Morgan fingerprint density at radius 3 is 2.36 bits per heavy atom. The molecule has 1 amide bonds. The second-order valence-electron chi connectivity index (χ2n) is 7.34. The molecule has 0 spiro atoms. The summed E-state index contributed by atoms with van der Waals surface area (Å²) in [6.07, 6.45) is 7.88. The molecule has 4 aromatic carbocycles. The Hall–Kier alpha value is -4.51. The van der Waals surface area contributed by atoms with Gasteiger partial charge in [0.2, 0.25) is 0 Å². The fraction of sp³-hybridized carbons (Fsp3) is 0.0357. The van der Waals surface area contributed by atoms with Crippen molar-refractivity contribution in [2.75, 3.05) is 5.32 Å². The lowest BCUT2D eigenvalue weighted by Gasteiger charge is -2.11. The highest BCUT2D eigenvalue weighted by Crippen LogP contribution is 2.39. The van der Waals surface area contributed by atoms with Gasteiger partial charge in [-0.25, -0.2) is 0 Å². The molecule has 0 saturated carbocycles. The second-order valence-corrected chi connectivity index (χ2v) is 7.34. The van der Waals surface area contributed by atoms with Crippen LogP contribution in [0, 0.1) is 0 Å². The van der Waals surface area contributed by atoms with Crippen LogP contribution in [0.1, 0.15) is 22.8 Å². The van der Waals surface area contributed by atoms with Gasteiger partial charge in [-0.1, -0.05) is 78.9 Å². The van der Waals surface area contributed by atoms with Crippen LogP contribution in [0.3, 0.4) is 0 Å². The number of nitrogens with zero attached hydrogens (tertiary/aromatic N) is 2. The maximum atomic E-state index is 12.9. The van der Waals surface area contributed by atoms with E-state index < -0.39 is 5.91 Å². The minimum atomic E-state index is -0.418. The fourth-order valence-corrected chi connectivity index (χ4v) is 3.35. The van der Waals surface area contributed by atoms with E-state index >= 15 is 0 Å². The number of allylic oxidation sites excluding steroid dienone is 3. The van der Waals surface area contributed by atoms with Gasteiger partial charge < -0.3 is 10.4 Å². The summed E-state index contributed by atoms with van der Waals surface area (Å²) in [7, 11) is 0. The van der Waals surface area contributed by atoms with Crippen LogP contribution in [-0.2, 0) is 0 Å². The molecule has 0 radical (unpaired) electrons. The van der Waals surface area contributed by atoms with E-state index in [9.17, 15) is 9.90 Å². The number of carbonyl (C=O) groups excluding carboxylic acids is 1. The van der Waals surface area contributed by atoms with E-state index in [1.807, 2.05) is 98.0 Å². The molecule has 4 rings (SSSR count). The van der Waals surface area contributed by atoms with Crippen LogP contribution in [-0.4, -0.2) is 11.0 Å². The number of amides is 1. The van der Waals surface area contributed by atoms with Crippen molar-refractivity contribution in [3.05, 3.63) is 114 Å². The van der Waals surface area contributed by atoms with Crippen LogP contribution in [0.4, 0.5) is 17.1 Å². The first-order valence-electron chi connectivity index (χ1n) is 10.6. The molecule has 0 unspecified atom stereocenters. The van der Waals surface area contributed by atoms with Crippen molar-refractivity contribution in [2.24, 2.45) is 10.2 Å². The van der Waals surface area contributed by atoms with Crippen LogP contribution in [0.2, 0.25) is 0 Å². The first kappa shape index (κ1) is 21.7. The topological polar surface area (TPSA) is 74.0 Å². The van der Waals surface area contributed by atoms with Crippen molar-refractivity contribution in [3.8, 4) is 5.75 Å². The van der Waals surface area contributed by atoms with E-state index in [-0.39, 0.29) is 17.0 Å². The van der Waals surface area contributed by atoms with Gasteiger partial charge in [-0.05, 0) is 48.2 Å². The van der Waals surface area contributed by atoms with Gasteiger partial charge in [0, 0.05) is 11.1 Å². The number of azo groups is 1. The number of anilines is 1. The third-order valence-electron chi connectivity index (χ3n) is 5.02. The lowest BCUT2D eigenvalue weighted by atomic mass is 10.0. The van der Waals surface area contributed by atoms with Crippen molar-refractivity contribution in [1.82, 2.24) is 0 Å². The molecule has 0 bridgehead atoms. The Kier molecular flexibility index (Phi) is 6.71. The summed E-state index contributed by atoms with van der Waals surface area (Å²) < 4.78 is 0. The molecule has 0 aliphatic carbocycles. The Bertz CT molecular complexity index is 1360. The van der Waals surface area contributed by atoms with E-state index in [0.29, 0.717) is 16.8 Å². The van der Waals surface area contributed by atoms with E-state index in [0.717, 1.165) is 10.9 Å². The number of phenolic OH excluding ortho intramolecular Hbond substituents is 1. The molecule has 0 aromatic heterocycles. The smallest absolute Gasteiger partial charge is 0.259 e. The summed E-state index contributed by atoms with van der Waals surface area (Å²) in [4.78, 5) is 12.9. The van der Waals surface area contributed by atoms with E-state index in [1.54, 1.807) is 18.2 Å². The SMILES string of the molecule is C/C=C/C=C/c1ccc(N=Nc2c(O)c(C(=O)Nc3ccccc3)cc3ccccc23)cc1. The van der Waals surface area contributed by atoms with Gasteiger partial charge in [0.05, 0.1) is 11.3 Å². The van der Waals surface area contributed by atoms with Gasteiger partial charge in [-0.15, -0.1) is 5.11 Å².